The number of aliphatic hydroxyl groups is 1. The lowest BCUT2D eigenvalue weighted by Gasteiger charge is -2.29. The zero-order valence-corrected chi connectivity index (χ0v) is 11.8. The molecule has 1 aliphatic rings. The van der Waals surface area contributed by atoms with Crippen molar-refractivity contribution < 1.29 is 13.5 Å². The highest BCUT2D eigenvalue weighted by Crippen LogP contribution is 2.32. The topological polar surface area (TPSA) is 57.6 Å². The summed E-state index contributed by atoms with van der Waals surface area (Å²) >= 11 is 11.8. The highest BCUT2D eigenvalue weighted by Gasteiger charge is 2.32. The first kappa shape index (κ1) is 14.1. The van der Waals surface area contributed by atoms with Crippen molar-refractivity contribution >= 4 is 33.2 Å². The molecule has 100 valence electrons. The number of halogens is 2. The fourth-order valence-electron chi connectivity index (χ4n) is 2.00. The molecule has 1 N–H and O–H groups in total. The highest BCUT2D eigenvalue weighted by atomic mass is 35.5. The van der Waals surface area contributed by atoms with Crippen LogP contribution in [0.15, 0.2) is 23.1 Å². The number of hydrogen-bond acceptors (Lipinski definition) is 3. The van der Waals surface area contributed by atoms with Gasteiger partial charge in [0.15, 0.2) is 0 Å². The SMILES string of the molecule is O=S(=O)(c1c(Cl)cccc1Cl)N1CCC[C@H](O)C1. The fourth-order valence-corrected chi connectivity index (χ4v) is 4.60. The van der Waals surface area contributed by atoms with Crippen LogP contribution in [0.3, 0.4) is 0 Å². The molecule has 0 aromatic heterocycles. The van der Waals surface area contributed by atoms with Crippen LogP contribution in [0.1, 0.15) is 12.8 Å². The van der Waals surface area contributed by atoms with Gasteiger partial charge in [0.2, 0.25) is 10.0 Å². The normalized spacial score (nSPS) is 22.1. The number of β-amino-alcohol motifs (C(OH)–C–C–N with tert-alkyl or cyclic N) is 1. The molecule has 4 nitrogen and oxygen atoms in total. The average Bonchev–Trinajstić information content (AvgIpc) is 2.28. The minimum atomic E-state index is -3.75. The Hall–Kier alpha value is -0.330. The Morgan fingerprint density at radius 2 is 1.89 bits per heavy atom. The van der Waals surface area contributed by atoms with Crippen molar-refractivity contribution in [2.24, 2.45) is 0 Å². The van der Waals surface area contributed by atoms with Gasteiger partial charge in [-0.25, -0.2) is 8.42 Å². The van der Waals surface area contributed by atoms with Crippen molar-refractivity contribution in [2.75, 3.05) is 13.1 Å². The fraction of sp³-hybridized carbons (Fsp3) is 0.455. The van der Waals surface area contributed by atoms with Crippen molar-refractivity contribution in [3.63, 3.8) is 0 Å². The molecule has 0 radical (unpaired) electrons. The maximum Gasteiger partial charge on any atom is 0.246 e. The zero-order chi connectivity index (χ0) is 13.3. The van der Waals surface area contributed by atoms with Gasteiger partial charge in [-0.05, 0) is 25.0 Å². The Kier molecular flexibility index (Phi) is 4.18. The molecule has 0 bridgehead atoms. The Morgan fingerprint density at radius 3 is 2.44 bits per heavy atom. The summed E-state index contributed by atoms with van der Waals surface area (Å²) in [6, 6.07) is 4.57. The molecule has 1 aromatic rings. The second-order valence-electron chi connectivity index (χ2n) is 4.21. The molecule has 2 rings (SSSR count). The number of nitrogens with zero attached hydrogens (tertiary/aromatic N) is 1. The molecule has 1 aliphatic heterocycles. The summed E-state index contributed by atoms with van der Waals surface area (Å²) in [6.45, 7) is 0.463. The van der Waals surface area contributed by atoms with Gasteiger partial charge in [-0.1, -0.05) is 29.3 Å². The Morgan fingerprint density at radius 1 is 1.28 bits per heavy atom. The number of benzene rings is 1. The summed E-state index contributed by atoms with van der Waals surface area (Å²) in [5.41, 5.74) is 0. The van der Waals surface area contributed by atoms with Crippen molar-refractivity contribution in [1.29, 1.82) is 0 Å². The molecule has 1 fully saturated rings. The quantitative estimate of drug-likeness (QED) is 0.910. The van der Waals surface area contributed by atoms with Crippen LogP contribution >= 0.6 is 23.2 Å². The summed E-state index contributed by atoms with van der Waals surface area (Å²) in [5, 5.41) is 9.76. The maximum absolute atomic E-state index is 12.4. The van der Waals surface area contributed by atoms with Gasteiger partial charge in [-0.15, -0.1) is 0 Å². The summed E-state index contributed by atoms with van der Waals surface area (Å²) in [7, 11) is -3.75. The van der Waals surface area contributed by atoms with Crippen molar-refractivity contribution in [3.05, 3.63) is 28.2 Å². The molecule has 1 atom stereocenters. The van der Waals surface area contributed by atoms with E-state index >= 15 is 0 Å². The van der Waals surface area contributed by atoms with Gasteiger partial charge in [0, 0.05) is 13.1 Å². The minimum absolute atomic E-state index is 0.0811. The molecule has 0 unspecified atom stereocenters. The minimum Gasteiger partial charge on any atom is -0.392 e. The van der Waals surface area contributed by atoms with Crippen LogP contribution in [-0.2, 0) is 10.0 Å². The van der Waals surface area contributed by atoms with Crippen molar-refractivity contribution in [2.45, 2.75) is 23.8 Å². The van der Waals surface area contributed by atoms with Crippen LogP contribution in [0, 0.1) is 0 Å². The molecule has 1 aromatic carbocycles. The summed E-state index contributed by atoms with van der Waals surface area (Å²) in [5.74, 6) is 0. The molecule has 0 amide bonds. The first-order valence-corrected chi connectivity index (χ1v) is 7.75. The lowest BCUT2D eigenvalue weighted by Crippen LogP contribution is -2.42. The number of rotatable bonds is 2. The van der Waals surface area contributed by atoms with Gasteiger partial charge >= 0.3 is 0 Å². The molecule has 1 saturated heterocycles. The van der Waals surface area contributed by atoms with E-state index in [9.17, 15) is 13.5 Å². The Labute approximate surface area is 116 Å². The smallest absolute Gasteiger partial charge is 0.246 e. The van der Waals surface area contributed by atoms with Gasteiger partial charge in [0.25, 0.3) is 0 Å². The second kappa shape index (κ2) is 5.35. The molecule has 1 heterocycles. The molecule has 18 heavy (non-hydrogen) atoms. The summed E-state index contributed by atoms with van der Waals surface area (Å²) in [6.07, 6.45) is 0.611. The molecule has 0 aliphatic carbocycles. The molecule has 0 spiro atoms. The second-order valence-corrected chi connectivity index (χ2v) is 6.90. The van der Waals surface area contributed by atoms with Gasteiger partial charge in [0.1, 0.15) is 4.90 Å². The monoisotopic (exact) mass is 309 g/mol. The van der Waals surface area contributed by atoms with E-state index in [0.717, 1.165) is 0 Å². The number of sulfonamides is 1. The highest BCUT2D eigenvalue weighted by molar-refractivity contribution is 7.89. The van der Waals surface area contributed by atoms with Crippen molar-refractivity contribution in [3.8, 4) is 0 Å². The van der Waals surface area contributed by atoms with Crippen molar-refractivity contribution in [1.82, 2.24) is 4.31 Å². The van der Waals surface area contributed by atoms with Crippen LogP contribution in [0.4, 0.5) is 0 Å². The maximum atomic E-state index is 12.4. The number of hydrogen-bond donors (Lipinski definition) is 1. The van der Waals surface area contributed by atoms with Crippen LogP contribution in [-0.4, -0.2) is 37.0 Å². The lowest BCUT2D eigenvalue weighted by molar-refractivity contribution is 0.108. The molecule has 7 heteroatoms. The predicted octanol–water partition coefficient (Wildman–Crippen LogP) is 2.14. The molecule has 0 saturated carbocycles. The van der Waals surface area contributed by atoms with Gasteiger partial charge < -0.3 is 5.11 Å². The average molecular weight is 310 g/mol. The van der Waals surface area contributed by atoms with Gasteiger partial charge in [-0.2, -0.15) is 4.31 Å². The summed E-state index contributed by atoms with van der Waals surface area (Å²) < 4.78 is 26.1. The first-order valence-electron chi connectivity index (χ1n) is 5.55. The molecular weight excluding hydrogens is 297 g/mol. The van der Waals surface area contributed by atoms with E-state index in [-0.39, 0.29) is 21.5 Å². The van der Waals surface area contributed by atoms with Crippen LogP contribution in [0.2, 0.25) is 10.0 Å². The summed E-state index contributed by atoms with van der Waals surface area (Å²) in [4.78, 5) is -0.0811. The Balaban J connectivity index is 2.42. The number of piperidine rings is 1. The number of aliphatic hydroxyl groups excluding tert-OH is 1. The van der Waals surface area contributed by atoms with E-state index in [1.807, 2.05) is 0 Å². The third-order valence-electron chi connectivity index (χ3n) is 2.88. The third-order valence-corrected chi connectivity index (χ3v) is 5.70. The van der Waals surface area contributed by atoms with E-state index in [1.165, 1.54) is 16.4 Å². The largest absolute Gasteiger partial charge is 0.392 e. The van der Waals surface area contributed by atoms with Crippen LogP contribution in [0.25, 0.3) is 0 Å². The molecular formula is C11H13Cl2NO3S. The van der Waals surface area contributed by atoms with E-state index in [2.05, 4.69) is 0 Å². The third kappa shape index (κ3) is 2.65. The Bertz CT molecular complexity index is 527. The lowest BCUT2D eigenvalue weighted by atomic mass is 10.1. The van der Waals surface area contributed by atoms with Gasteiger partial charge in [0.05, 0.1) is 16.1 Å². The van der Waals surface area contributed by atoms with E-state index < -0.39 is 16.1 Å². The van der Waals surface area contributed by atoms with Gasteiger partial charge in [-0.3, -0.25) is 0 Å². The van der Waals surface area contributed by atoms with Crippen LogP contribution < -0.4 is 0 Å². The van der Waals surface area contributed by atoms with E-state index in [4.69, 9.17) is 23.2 Å². The van der Waals surface area contributed by atoms with Crippen LogP contribution in [0.5, 0.6) is 0 Å². The predicted molar refractivity (Wildman–Crippen MR) is 70.5 cm³/mol. The van der Waals surface area contributed by atoms with E-state index in [1.54, 1.807) is 6.07 Å². The first-order chi connectivity index (χ1) is 8.43. The standard InChI is InChI=1S/C11H13Cl2NO3S/c12-9-4-1-5-10(13)11(9)18(16,17)14-6-2-3-8(15)7-14/h1,4-5,8,15H,2-3,6-7H2/t8-/m0/s1. The van der Waals surface area contributed by atoms with E-state index in [0.29, 0.717) is 19.4 Å². The zero-order valence-electron chi connectivity index (χ0n) is 9.51.